The molecule has 1 aromatic rings. The van der Waals surface area contributed by atoms with E-state index in [-0.39, 0.29) is 0 Å². The molecule has 31 heavy (non-hydrogen) atoms. The van der Waals surface area contributed by atoms with Crippen molar-refractivity contribution >= 4 is 16.8 Å². The fourth-order valence-electron chi connectivity index (χ4n) is 4.29. The maximum absolute atomic E-state index is 11.7. The summed E-state index contributed by atoms with van der Waals surface area (Å²) in [4.78, 5) is 7.39. The lowest BCUT2D eigenvalue weighted by Crippen LogP contribution is -2.34. The Kier molecular flexibility index (Phi) is 8.90. The minimum Gasteiger partial charge on any atom is -0.498 e. The molecule has 0 amide bonds. The molecule has 2 heterocycles. The molecule has 1 aliphatic heterocycles. The first-order valence-electron chi connectivity index (χ1n) is 11.1. The van der Waals surface area contributed by atoms with E-state index in [2.05, 4.69) is 15.0 Å². The van der Waals surface area contributed by atoms with Gasteiger partial charge in [0.15, 0.2) is 5.82 Å². The molecule has 8 heteroatoms. The van der Waals surface area contributed by atoms with Gasteiger partial charge in [0.05, 0.1) is 12.4 Å². The highest BCUT2D eigenvalue weighted by atomic mass is 32.2. The van der Waals surface area contributed by atoms with Crippen LogP contribution in [0.5, 0.6) is 0 Å². The fourth-order valence-corrected chi connectivity index (χ4v) is 4.88. The van der Waals surface area contributed by atoms with Gasteiger partial charge in [0.1, 0.15) is 6.61 Å². The first-order valence-corrected chi connectivity index (χ1v) is 12.6. The summed E-state index contributed by atoms with van der Waals surface area (Å²) < 4.78 is 28.0. The summed E-state index contributed by atoms with van der Waals surface area (Å²) in [5.74, 6) is 3.85. The van der Waals surface area contributed by atoms with Gasteiger partial charge in [0, 0.05) is 42.2 Å². The van der Waals surface area contributed by atoms with Crippen LogP contribution < -0.4 is 4.90 Å². The molecular weight excluding hydrogens is 414 g/mol. The molecule has 7 nitrogen and oxygen atoms in total. The van der Waals surface area contributed by atoms with E-state index in [1.165, 1.54) is 19.3 Å². The SMILES string of the molecule is C\C=C/C(=C\C=C(/C)OCCC1CC1C1CCN(c2nc(COC)no2)CC1)S(C)=O. The number of aromatic nitrogens is 2. The van der Waals surface area contributed by atoms with E-state index < -0.39 is 10.8 Å². The third-order valence-electron chi connectivity index (χ3n) is 6.09. The molecule has 0 aromatic carbocycles. The maximum atomic E-state index is 11.7. The number of ether oxygens (including phenoxy) is 2. The van der Waals surface area contributed by atoms with Crippen molar-refractivity contribution in [2.24, 2.45) is 17.8 Å². The predicted octanol–water partition coefficient (Wildman–Crippen LogP) is 4.22. The van der Waals surface area contributed by atoms with Crippen molar-refractivity contribution in [2.75, 3.05) is 38.0 Å². The lowest BCUT2D eigenvalue weighted by molar-refractivity contribution is 0.174. The highest BCUT2D eigenvalue weighted by molar-refractivity contribution is 7.88. The number of methoxy groups -OCH3 is 1. The zero-order valence-electron chi connectivity index (χ0n) is 19.1. The molecule has 1 aliphatic carbocycles. The number of piperidine rings is 1. The average Bonchev–Trinajstić information content (AvgIpc) is 3.38. The quantitative estimate of drug-likeness (QED) is 0.370. The molecule has 2 fully saturated rings. The Morgan fingerprint density at radius 1 is 1.32 bits per heavy atom. The minimum atomic E-state index is -0.994. The van der Waals surface area contributed by atoms with Crippen LogP contribution >= 0.6 is 0 Å². The predicted molar refractivity (Wildman–Crippen MR) is 123 cm³/mol. The van der Waals surface area contributed by atoms with Crippen molar-refractivity contribution in [3.05, 3.63) is 40.8 Å². The highest BCUT2D eigenvalue weighted by Crippen LogP contribution is 2.50. The largest absolute Gasteiger partial charge is 0.498 e. The van der Waals surface area contributed by atoms with Crippen LogP contribution in [0, 0.1) is 17.8 Å². The van der Waals surface area contributed by atoms with Crippen LogP contribution in [-0.4, -0.2) is 47.4 Å². The van der Waals surface area contributed by atoms with Crippen LogP contribution in [-0.2, 0) is 26.9 Å². The number of rotatable bonds is 11. The Morgan fingerprint density at radius 2 is 2.10 bits per heavy atom. The molecule has 0 N–H and O–H groups in total. The van der Waals surface area contributed by atoms with Gasteiger partial charge in [-0.3, -0.25) is 4.21 Å². The zero-order valence-corrected chi connectivity index (χ0v) is 19.9. The Bertz CT molecular complexity index is 825. The summed E-state index contributed by atoms with van der Waals surface area (Å²) in [5.41, 5.74) is 0. The molecule has 0 spiro atoms. The highest BCUT2D eigenvalue weighted by Gasteiger charge is 2.43. The molecule has 3 rings (SSSR count). The molecule has 1 saturated heterocycles. The Morgan fingerprint density at radius 3 is 2.77 bits per heavy atom. The molecule has 0 radical (unpaired) electrons. The summed E-state index contributed by atoms with van der Waals surface area (Å²) in [5, 5.41) is 3.95. The molecule has 2 aliphatic rings. The normalized spacial score (nSPS) is 24.1. The van der Waals surface area contributed by atoms with Crippen LogP contribution in [0.1, 0.15) is 45.4 Å². The molecule has 0 bridgehead atoms. The minimum absolute atomic E-state index is 0.381. The number of allylic oxidation sites excluding steroid dienone is 5. The number of nitrogens with zero attached hydrogens (tertiary/aromatic N) is 3. The van der Waals surface area contributed by atoms with Crippen LogP contribution in [0.3, 0.4) is 0 Å². The average molecular weight is 450 g/mol. The van der Waals surface area contributed by atoms with Gasteiger partial charge in [0.25, 0.3) is 0 Å². The van der Waals surface area contributed by atoms with Crippen LogP contribution in [0.15, 0.2) is 39.5 Å². The topological polar surface area (TPSA) is 77.7 Å². The third-order valence-corrected chi connectivity index (χ3v) is 7.02. The van der Waals surface area contributed by atoms with Crippen molar-refractivity contribution in [2.45, 2.75) is 46.1 Å². The van der Waals surface area contributed by atoms with Gasteiger partial charge < -0.3 is 18.9 Å². The fraction of sp³-hybridized carbons (Fsp3) is 0.652. The van der Waals surface area contributed by atoms with E-state index in [9.17, 15) is 4.21 Å². The number of hydrogen-bond donors (Lipinski definition) is 0. The smallest absolute Gasteiger partial charge is 0.324 e. The van der Waals surface area contributed by atoms with Gasteiger partial charge in [-0.2, -0.15) is 4.98 Å². The van der Waals surface area contributed by atoms with E-state index in [1.807, 2.05) is 38.2 Å². The van der Waals surface area contributed by atoms with Crippen molar-refractivity contribution in [1.29, 1.82) is 0 Å². The van der Waals surface area contributed by atoms with Crippen LogP contribution in [0.4, 0.5) is 6.01 Å². The molecule has 1 saturated carbocycles. The van der Waals surface area contributed by atoms with Gasteiger partial charge in [-0.05, 0) is 69.4 Å². The lowest BCUT2D eigenvalue weighted by Gasteiger charge is -2.30. The molecule has 3 atom stereocenters. The van der Waals surface area contributed by atoms with Crippen molar-refractivity contribution in [3.63, 3.8) is 0 Å². The monoisotopic (exact) mass is 449 g/mol. The summed E-state index contributed by atoms with van der Waals surface area (Å²) >= 11 is 0. The zero-order chi connectivity index (χ0) is 22.2. The molecule has 1 aromatic heterocycles. The summed E-state index contributed by atoms with van der Waals surface area (Å²) in [6.45, 7) is 6.95. The van der Waals surface area contributed by atoms with E-state index in [4.69, 9.17) is 14.0 Å². The van der Waals surface area contributed by atoms with Crippen molar-refractivity contribution < 1.29 is 18.2 Å². The second-order valence-corrected chi connectivity index (χ2v) is 9.73. The Balaban J connectivity index is 1.36. The molecular formula is C23H35N3O4S. The third kappa shape index (κ3) is 7.04. The van der Waals surface area contributed by atoms with Crippen molar-refractivity contribution in [1.82, 2.24) is 10.1 Å². The summed E-state index contributed by atoms with van der Waals surface area (Å²) in [6, 6.07) is 0.618. The second kappa shape index (κ2) is 11.6. The van der Waals surface area contributed by atoms with Crippen molar-refractivity contribution in [3.8, 4) is 0 Å². The van der Waals surface area contributed by atoms with Gasteiger partial charge in [-0.1, -0.05) is 17.3 Å². The van der Waals surface area contributed by atoms with Gasteiger partial charge >= 0.3 is 6.01 Å². The second-order valence-electron chi connectivity index (χ2n) is 8.35. The van der Waals surface area contributed by atoms with E-state index >= 15 is 0 Å². The summed E-state index contributed by atoms with van der Waals surface area (Å²) in [7, 11) is 0.635. The molecule has 3 unspecified atom stereocenters. The molecule has 172 valence electrons. The maximum Gasteiger partial charge on any atom is 0.324 e. The van der Waals surface area contributed by atoms with Gasteiger partial charge in [-0.15, -0.1) is 0 Å². The van der Waals surface area contributed by atoms with E-state index in [0.29, 0.717) is 18.4 Å². The van der Waals surface area contributed by atoms with Gasteiger partial charge in [0.2, 0.25) is 0 Å². The first-order chi connectivity index (χ1) is 15.0. The summed E-state index contributed by atoms with van der Waals surface area (Å²) in [6.07, 6.45) is 14.0. The van der Waals surface area contributed by atoms with Gasteiger partial charge in [-0.25, -0.2) is 0 Å². The Labute approximate surface area is 188 Å². The lowest BCUT2D eigenvalue weighted by atomic mass is 9.91. The van der Waals surface area contributed by atoms with Crippen LogP contribution in [0.25, 0.3) is 0 Å². The van der Waals surface area contributed by atoms with E-state index in [1.54, 1.807) is 13.4 Å². The standard InChI is InChI=1S/C23H35N3O4S/c1-5-6-20(31(4)27)8-7-17(2)29-14-11-19-15-21(19)18-9-12-26(13-10-18)23-24-22(16-28-3)25-30-23/h5-8,18-19,21H,9-16H2,1-4H3/b6-5-,17-7+,20-8+. The number of anilines is 1. The number of hydrogen-bond acceptors (Lipinski definition) is 7. The van der Waals surface area contributed by atoms with Crippen LogP contribution in [0.2, 0.25) is 0 Å². The Hall–Kier alpha value is -1.93. The van der Waals surface area contributed by atoms with E-state index in [0.717, 1.165) is 54.5 Å². The first kappa shape index (κ1) is 23.7.